The largest absolute Gasteiger partial charge is 0.477 e. The van der Waals surface area contributed by atoms with Gasteiger partial charge in [-0.2, -0.15) is 5.10 Å². The summed E-state index contributed by atoms with van der Waals surface area (Å²) in [5.74, 6) is -2.21. The minimum absolute atomic E-state index is 0.0911. The van der Waals surface area contributed by atoms with Gasteiger partial charge in [0, 0.05) is 12.1 Å². The summed E-state index contributed by atoms with van der Waals surface area (Å²) >= 11 is 5.80. The quantitative estimate of drug-likeness (QED) is 0.582. The van der Waals surface area contributed by atoms with E-state index in [9.17, 15) is 19.7 Å². The molecule has 0 fully saturated rings. The Kier molecular flexibility index (Phi) is 3.85. The lowest BCUT2D eigenvalue weighted by molar-refractivity contribution is -0.385. The molecule has 108 valence electrons. The van der Waals surface area contributed by atoms with E-state index < -0.39 is 22.5 Å². The standard InChI is InChI=1S/C11H7ClN4O5/c12-5-2-1-3-7(16(20)21)9(5)10(17)13-8-4-6(11(18)19)14-15-8/h1-4H,(H,18,19)(H2,13,14,15,17). The van der Waals surface area contributed by atoms with Crippen molar-refractivity contribution in [3.05, 3.63) is 50.7 Å². The molecule has 0 saturated heterocycles. The molecular weight excluding hydrogens is 304 g/mol. The molecule has 0 unspecified atom stereocenters. The molecule has 0 bridgehead atoms. The number of nitro groups is 1. The van der Waals surface area contributed by atoms with E-state index in [1.165, 1.54) is 12.1 Å². The zero-order valence-corrected chi connectivity index (χ0v) is 10.9. The van der Waals surface area contributed by atoms with Crippen LogP contribution in [0.1, 0.15) is 20.8 Å². The van der Waals surface area contributed by atoms with Gasteiger partial charge in [0.1, 0.15) is 11.3 Å². The lowest BCUT2D eigenvalue weighted by atomic mass is 10.1. The van der Waals surface area contributed by atoms with Crippen LogP contribution in [0.3, 0.4) is 0 Å². The average molecular weight is 311 g/mol. The Morgan fingerprint density at radius 2 is 2.14 bits per heavy atom. The summed E-state index contributed by atoms with van der Waals surface area (Å²) in [6.45, 7) is 0. The number of nitrogens with zero attached hydrogens (tertiary/aromatic N) is 2. The van der Waals surface area contributed by atoms with Gasteiger partial charge in [0.25, 0.3) is 11.6 Å². The first-order valence-corrected chi connectivity index (χ1v) is 5.81. The number of hydrogen-bond donors (Lipinski definition) is 3. The fourth-order valence-electron chi connectivity index (χ4n) is 1.56. The Morgan fingerprint density at radius 1 is 1.43 bits per heavy atom. The van der Waals surface area contributed by atoms with Crippen molar-refractivity contribution >= 4 is 35.0 Å². The number of hydrogen-bond acceptors (Lipinski definition) is 5. The Labute approximate surface area is 121 Å². The molecule has 0 atom stereocenters. The summed E-state index contributed by atoms with van der Waals surface area (Å²) in [5.41, 5.74) is -1.03. The van der Waals surface area contributed by atoms with Crippen molar-refractivity contribution in [1.82, 2.24) is 10.2 Å². The van der Waals surface area contributed by atoms with Crippen LogP contribution in [-0.4, -0.2) is 32.1 Å². The van der Waals surface area contributed by atoms with Crippen LogP contribution < -0.4 is 5.32 Å². The first kappa shape index (κ1) is 14.5. The first-order chi connectivity index (χ1) is 9.90. The van der Waals surface area contributed by atoms with Gasteiger partial charge < -0.3 is 10.4 Å². The number of anilines is 1. The first-order valence-electron chi connectivity index (χ1n) is 5.43. The molecule has 0 spiro atoms. The number of halogens is 1. The highest BCUT2D eigenvalue weighted by Gasteiger charge is 2.24. The SMILES string of the molecule is O=C(O)c1cc(NC(=O)c2c(Cl)cccc2[N+](=O)[O-])n[nH]1. The number of benzene rings is 1. The van der Waals surface area contributed by atoms with E-state index in [2.05, 4.69) is 15.5 Å². The topological polar surface area (TPSA) is 138 Å². The molecule has 2 aromatic rings. The number of carboxylic acid groups (broad SMARTS) is 1. The molecule has 10 heteroatoms. The number of H-pyrrole nitrogens is 1. The second kappa shape index (κ2) is 5.59. The lowest BCUT2D eigenvalue weighted by Gasteiger charge is -2.04. The zero-order chi connectivity index (χ0) is 15.6. The summed E-state index contributed by atoms with van der Waals surface area (Å²) < 4.78 is 0. The fraction of sp³-hybridized carbons (Fsp3) is 0. The van der Waals surface area contributed by atoms with Crippen molar-refractivity contribution in [1.29, 1.82) is 0 Å². The van der Waals surface area contributed by atoms with Gasteiger partial charge in [-0.25, -0.2) is 4.79 Å². The van der Waals surface area contributed by atoms with Crippen LogP contribution in [0.25, 0.3) is 0 Å². The third-order valence-corrected chi connectivity index (χ3v) is 2.78. The number of rotatable bonds is 4. The van der Waals surface area contributed by atoms with Gasteiger partial charge in [-0.15, -0.1) is 0 Å². The highest BCUT2D eigenvalue weighted by molar-refractivity contribution is 6.35. The molecule has 2 rings (SSSR count). The summed E-state index contributed by atoms with van der Waals surface area (Å²) in [7, 11) is 0. The zero-order valence-electron chi connectivity index (χ0n) is 10.2. The van der Waals surface area contributed by atoms with E-state index in [0.717, 1.165) is 12.1 Å². The number of amides is 1. The van der Waals surface area contributed by atoms with Gasteiger partial charge in [0.15, 0.2) is 5.82 Å². The highest BCUT2D eigenvalue weighted by Crippen LogP contribution is 2.26. The smallest absolute Gasteiger partial charge is 0.353 e. The molecule has 0 aliphatic carbocycles. The van der Waals surface area contributed by atoms with Crippen LogP contribution in [0.15, 0.2) is 24.3 Å². The van der Waals surface area contributed by atoms with Crippen LogP contribution >= 0.6 is 11.6 Å². The number of nitrogens with one attached hydrogen (secondary N) is 2. The highest BCUT2D eigenvalue weighted by atomic mass is 35.5. The maximum Gasteiger partial charge on any atom is 0.353 e. The molecule has 1 amide bonds. The normalized spacial score (nSPS) is 10.1. The van der Waals surface area contributed by atoms with Crippen LogP contribution in [0.5, 0.6) is 0 Å². The number of aromatic nitrogens is 2. The maximum absolute atomic E-state index is 12.0. The lowest BCUT2D eigenvalue weighted by Crippen LogP contribution is -2.14. The van der Waals surface area contributed by atoms with Crippen LogP contribution in [-0.2, 0) is 0 Å². The Balaban J connectivity index is 2.32. The van der Waals surface area contributed by atoms with E-state index in [0.29, 0.717) is 0 Å². The number of carboxylic acids is 1. The summed E-state index contributed by atoms with van der Waals surface area (Å²) in [5, 5.41) is 27.5. The van der Waals surface area contributed by atoms with Gasteiger partial charge >= 0.3 is 5.97 Å². The number of carbonyl (C=O) groups is 2. The molecule has 0 aliphatic rings. The van der Waals surface area contributed by atoms with E-state index in [-0.39, 0.29) is 22.1 Å². The van der Waals surface area contributed by atoms with Crippen molar-refractivity contribution in [3.8, 4) is 0 Å². The van der Waals surface area contributed by atoms with Gasteiger partial charge in [0.05, 0.1) is 9.95 Å². The van der Waals surface area contributed by atoms with Gasteiger partial charge in [-0.3, -0.25) is 20.0 Å². The summed E-state index contributed by atoms with van der Waals surface area (Å²) in [6.07, 6.45) is 0. The second-order valence-electron chi connectivity index (χ2n) is 3.82. The molecule has 0 radical (unpaired) electrons. The molecule has 21 heavy (non-hydrogen) atoms. The maximum atomic E-state index is 12.0. The average Bonchev–Trinajstić information content (AvgIpc) is 2.86. The van der Waals surface area contributed by atoms with Crippen molar-refractivity contribution in [2.45, 2.75) is 0 Å². The van der Waals surface area contributed by atoms with E-state index in [1.807, 2.05) is 0 Å². The molecule has 1 heterocycles. The number of carbonyl (C=O) groups excluding carboxylic acids is 1. The third kappa shape index (κ3) is 2.98. The molecule has 1 aromatic carbocycles. The summed E-state index contributed by atoms with van der Waals surface area (Å²) in [4.78, 5) is 32.9. The van der Waals surface area contributed by atoms with Crippen molar-refractivity contribution in [2.24, 2.45) is 0 Å². The second-order valence-corrected chi connectivity index (χ2v) is 4.22. The molecule has 0 aliphatic heterocycles. The predicted molar refractivity (Wildman–Crippen MR) is 71.6 cm³/mol. The van der Waals surface area contributed by atoms with Crippen molar-refractivity contribution in [3.63, 3.8) is 0 Å². The van der Waals surface area contributed by atoms with Gasteiger partial charge in [-0.1, -0.05) is 17.7 Å². The number of nitro benzene ring substituents is 1. The third-order valence-electron chi connectivity index (χ3n) is 2.47. The molecule has 1 aromatic heterocycles. The Bertz CT molecular complexity index is 742. The molecule has 3 N–H and O–H groups in total. The van der Waals surface area contributed by atoms with Crippen LogP contribution in [0.2, 0.25) is 5.02 Å². The van der Waals surface area contributed by atoms with Crippen LogP contribution in [0.4, 0.5) is 11.5 Å². The fourth-order valence-corrected chi connectivity index (χ4v) is 1.82. The van der Waals surface area contributed by atoms with Gasteiger partial charge in [-0.05, 0) is 6.07 Å². The Morgan fingerprint density at radius 3 is 2.71 bits per heavy atom. The molecule has 9 nitrogen and oxygen atoms in total. The van der Waals surface area contributed by atoms with E-state index >= 15 is 0 Å². The monoisotopic (exact) mass is 310 g/mol. The van der Waals surface area contributed by atoms with Crippen molar-refractivity contribution < 1.29 is 19.6 Å². The minimum Gasteiger partial charge on any atom is -0.477 e. The summed E-state index contributed by atoms with van der Waals surface area (Å²) in [6, 6.07) is 4.88. The number of aromatic amines is 1. The predicted octanol–water partition coefficient (Wildman–Crippen LogP) is 1.92. The minimum atomic E-state index is -1.26. The van der Waals surface area contributed by atoms with Gasteiger partial charge in [0.2, 0.25) is 0 Å². The van der Waals surface area contributed by atoms with E-state index in [4.69, 9.17) is 16.7 Å². The number of aromatic carboxylic acids is 1. The van der Waals surface area contributed by atoms with E-state index in [1.54, 1.807) is 0 Å². The molecule has 0 saturated carbocycles. The van der Waals surface area contributed by atoms with Crippen molar-refractivity contribution in [2.75, 3.05) is 5.32 Å². The van der Waals surface area contributed by atoms with Crippen LogP contribution in [0, 0.1) is 10.1 Å². The molecular formula is C11H7ClN4O5. The Hall–Kier alpha value is -2.94.